The molecule has 0 radical (unpaired) electrons. The van der Waals surface area contributed by atoms with E-state index in [-0.39, 0.29) is 0 Å². The molecule has 1 aromatic rings. The highest BCUT2D eigenvalue weighted by Gasteiger charge is 2.25. The fraction of sp³-hybridized carbons (Fsp3) is 0.500. The lowest BCUT2D eigenvalue weighted by atomic mass is 10.1. The van der Waals surface area contributed by atoms with Crippen LogP contribution in [0.3, 0.4) is 0 Å². The number of benzene rings is 1. The number of nitrogens with one attached hydrogen (secondary N) is 2. The monoisotopic (exact) mass is 300 g/mol. The number of thioether (sulfide) groups is 1. The largest absolute Gasteiger partial charge is 0.380 e. The van der Waals surface area contributed by atoms with Crippen molar-refractivity contribution in [3.05, 3.63) is 22.7 Å². The molecule has 0 saturated carbocycles. The maximum absolute atomic E-state index is 3.59. The van der Waals surface area contributed by atoms with Crippen LogP contribution in [0.5, 0.6) is 0 Å². The highest BCUT2D eigenvalue weighted by Crippen LogP contribution is 2.42. The maximum Gasteiger partial charge on any atom is 0.0625 e. The van der Waals surface area contributed by atoms with Gasteiger partial charge in [-0.25, -0.2) is 0 Å². The smallest absolute Gasteiger partial charge is 0.0625 e. The molecular formula is C12H17BrN2S. The van der Waals surface area contributed by atoms with E-state index >= 15 is 0 Å². The summed E-state index contributed by atoms with van der Waals surface area (Å²) in [4.78, 5) is 1.36. The van der Waals surface area contributed by atoms with Crippen LogP contribution in [0.4, 0.5) is 5.69 Å². The van der Waals surface area contributed by atoms with E-state index in [1.165, 1.54) is 17.0 Å². The first-order valence-electron chi connectivity index (χ1n) is 5.58. The van der Waals surface area contributed by atoms with E-state index in [0.717, 1.165) is 11.0 Å². The average Bonchev–Trinajstić information content (AvgIpc) is 2.28. The van der Waals surface area contributed by atoms with Gasteiger partial charge in [0.2, 0.25) is 0 Å². The molecule has 1 aromatic carbocycles. The number of anilines is 1. The molecule has 0 spiro atoms. The van der Waals surface area contributed by atoms with Crippen LogP contribution in [0.15, 0.2) is 27.6 Å². The fourth-order valence-corrected chi connectivity index (χ4v) is 3.81. The maximum atomic E-state index is 3.59. The van der Waals surface area contributed by atoms with Gasteiger partial charge in [-0.15, -0.1) is 11.8 Å². The molecular weight excluding hydrogens is 284 g/mol. The molecule has 0 aromatic heterocycles. The third kappa shape index (κ3) is 2.55. The van der Waals surface area contributed by atoms with Crippen molar-refractivity contribution in [1.29, 1.82) is 0 Å². The lowest BCUT2D eigenvalue weighted by Gasteiger charge is -2.32. The Labute approximate surface area is 110 Å². The molecule has 0 saturated heterocycles. The van der Waals surface area contributed by atoms with Crippen molar-refractivity contribution < 1.29 is 0 Å². The Kier molecular flexibility index (Phi) is 4.16. The zero-order chi connectivity index (χ0) is 11.5. The molecule has 4 heteroatoms. The normalized spacial score (nSPS) is 23.7. The van der Waals surface area contributed by atoms with Crippen molar-refractivity contribution in [3.8, 4) is 0 Å². The Balaban J connectivity index is 2.15. The molecule has 0 bridgehead atoms. The summed E-state index contributed by atoms with van der Waals surface area (Å²) in [6.07, 6.45) is 1.20. The summed E-state index contributed by atoms with van der Waals surface area (Å²) in [6.45, 7) is 3.34. The van der Waals surface area contributed by atoms with Gasteiger partial charge >= 0.3 is 0 Å². The molecule has 88 valence electrons. The fourth-order valence-electron chi connectivity index (χ4n) is 1.92. The zero-order valence-electron chi connectivity index (χ0n) is 9.59. The number of rotatable bonds is 3. The van der Waals surface area contributed by atoms with Crippen LogP contribution in [0.1, 0.15) is 13.3 Å². The third-order valence-corrected chi connectivity index (χ3v) is 5.06. The Hall–Kier alpha value is -0.190. The van der Waals surface area contributed by atoms with Gasteiger partial charge in [-0.1, -0.05) is 6.07 Å². The summed E-state index contributed by atoms with van der Waals surface area (Å²) in [7, 11) is 2.01. The van der Waals surface area contributed by atoms with E-state index in [1.54, 1.807) is 0 Å². The van der Waals surface area contributed by atoms with Crippen LogP contribution in [0, 0.1) is 0 Å². The van der Waals surface area contributed by atoms with Crippen LogP contribution in [-0.2, 0) is 0 Å². The summed E-state index contributed by atoms with van der Waals surface area (Å²) in [6, 6.07) is 6.90. The Morgan fingerprint density at radius 3 is 3.06 bits per heavy atom. The van der Waals surface area contributed by atoms with E-state index in [9.17, 15) is 0 Å². The predicted octanol–water partition coefficient (Wildman–Crippen LogP) is 3.33. The minimum Gasteiger partial charge on any atom is -0.380 e. The van der Waals surface area contributed by atoms with Gasteiger partial charge in [0.25, 0.3) is 0 Å². The van der Waals surface area contributed by atoms with Gasteiger partial charge in [0.1, 0.15) is 0 Å². The summed E-state index contributed by atoms with van der Waals surface area (Å²) in [5, 5.41) is 7.46. The standard InChI is InChI=1S/C12H17BrN2S/c1-8-10(6-7-14-2)16-11-5-3-4-9(13)12(11)15-8/h3-5,8,10,14-15H,6-7H2,1-2H3. The second-order valence-electron chi connectivity index (χ2n) is 4.09. The zero-order valence-corrected chi connectivity index (χ0v) is 12.0. The van der Waals surface area contributed by atoms with E-state index in [0.29, 0.717) is 11.3 Å². The van der Waals surface area contributed by atoms with Gasteiger partial charge in [-0.2, -0.15) is 0 Å². The minimum atomic E-state index is 0.518. The Morgan fingerprint density at radius 1 is 1.50 bits per heavy atom. The molecule has 2 rings (SSSR count). The summed E-state index contributed by atoms with van der Waals surface area (Å²) < 4.78 is 1.16. The molecule has 1 aliphatic heterocycles. The summed E-state index contributed by atoms with van der Waals surface area (Å²) in [5.74, 6) is 0. The van der Waals surface area contributed by atoms with Crippen LogP contribution in [-0.4, -0.2) is 24.9 Å². The second kappa shape index (κ2) is 5.43. The summed E-state index contributed by atoms with van der Waals surface area (Å²) >= 11 is 5.58. The molecule has 2 unspecified atom stereocenters. The Bertz CT molecular complexity index is 370. The molecule has 1 heterocycles. The van der Waals surface area contributed by atoms with Crippen LogP contribution < -0.4 is 10.6 Å². The Morgan fingerprint density at radius 2 is 2.31 bits per heavy atom. The first kappa shape index (κ1) is 12.3. The highest BCUT2D eigenvalue weighted by atomic mass is 79.9. The van der Waals surface area contributed by atoms with Crippen LogP contribution in [0.2, 0.25) is 0 Å². The number of hydrogen-bond acceptors (Lipinski definition) is 3. The first-order valence-corrected chi connectivity index (χ1v) is 7.26. The van der Waals surface area contributed by atoms with Crippen LogP contribution in [0.25, 0.3) is 0 Å². The second-order valence-corrected chi connectivity index (χ2v) is 6.23. The van der Waals surface area contributed by atoms with Gasteiger partial charge in [-0.3, -0.25) is 0 Å². The molecule has 2 atom stereocenters. The van der Waals surface area contributed by atoms with Gasteiger partial charge in [0.15, 0.2) is 0 Å². The summed E-state index contributed by atoms with van der Waals surface area (Å²) in [5.41, 5.74) is 1.25. The van der Waals surface area contributed by atoms with Crippen LogP contribution >= 0.6 is 27.7 Å². The van der Waals surface area contributed by atoms with E-state index in [2.05, 4.69) is 51.7 Å². The minimum absolute atomic E-state index is 0.518. The molecule has 2 N–H and O–H groups in total. The van der Waals surface area contributed by atoms with Crippen molar-refractivity contribution in [2.24, 2.45) is 0 Å². The third-order valence-electron chi connectivity index (χ3n) is 2.86. The van der Waals surface area contributed by atoms with Crippen molar-refractivity contribution in [1.82, 2.24) is 5.32 Å². The van der Waals surface area contributed by atoms with Crippen molar-refractivity contribution in [3.63, 3.8) is 0 Å². The molecule has 0 aliphatic carbocycles. The molecule has 2 nitrogen and oxygen atoms in total. The van der Waals surface area contributed by atoms with Gasteiger partial charge in [0.05, 0.1) is 5.69 Å². The highest BCUT2D eigenvalue weighted by molar-refractivity contribution is 9.10. The van der Waals surface area contributed by atoms with Gasteiger partial charge < -0.3 is 10.6 Å². The van der Waals surface area contributed by atoms with E-state index in [4.69, 9.17) is 0 Å². The average molecular weight is 301 g/mol. The molecule has 16 heavy (non-hydrogen) atoms. The SMILES string of the molecule is CNCCC1Sc2cccc(Br)c2NC1C. The van der Waals surface area contributed by atoms with E-state index in [1.807, 2.05) is 18.8 Å². The van der Waals surface area contributed by atoms with Gasteiger partial charge in [-0.05, 0) is 55.0 Å². The van der Waals surface area contributed by atoms with Gasteiger partial charge in [0, 0.05) is 20.7 Å². The van der Waals surface area contributed by atoms with E-state index < -0.39 is 0 Å². The number of halogens is 1. The number of fused-ring (bicyclic) bond motifs is 1. The first-order chi connectivity index (χ1) is 7.72. The van der Waals surface area contributed by atoms with Crippen molar-refractivity contribution in [2.45, 2.75) is 29.5 Å². The lowest BCUT2D eigenvalue weighted by Crippen LogP contribution is -2.33. The topological polar surface area (TPSA) is 24.1 Å². The molecule has 1 aliphatic rings. The lowest BCUT2D eigenvalue weighted by molar-refractivity contribution is 0.633. The van der Waals surface area contributed by atoms with Crippen molar-refractivity contribution >= 4 is 33.4 Å². The quantitative estimate of drug-likeness (QED) is 0.895. The number of para-hydroxylation sites is 1. The van der Waals surface area contributed by atoms with Crippen molar-refractivity contribution in [2.75, 3.05) is 18.9 Å². The number of hydrogen-bond donors (Lipinski definition) is 2. The molecule has 0 fully saturated rings. The molecule has 0 amide bonds. The predicted molar refractivity (Wildman–Crippen MR) is 75.4 cm³/mol.